The average molecular weight is 507 g/mol. The lowest BCUT2D eigenvalue weighted by atomic mass is 9.94. The van der Waals surface area contributed by atoms with Gasteiger partial charge < -0.3 is 14.8 Å². The Balaban J connectivity index is 1.37. The molecule has 0 aromatic heterocycles. The first-order valence-electron chi connectivity index (χ1n) is 12.2. The van der Waals surface area contributed by atoms with E-state index in [2.05, 4.69) is 5.32 Å². The van der Waals surface area contributed by atoms with Gasteiger partial charge in [0.05, 0.1) is 10.3 Å². The number of fused-ring (bicyclic) bond motifs is 1. The molecule has 1 aliphatic heterocycles. The molecular formula is C28H30N2O5S. The molecule has 1 heterocycles. The Morgan fingerprint density at radius 1 is 0.944 bits per heavy atom. The van der Waals surface area contributed by atoms with Gasteiger partial charge in [0.25, 0.3) is 0 Å². The minimum atomic E-state index is -3.51. The van der Waals surface area contributed by atoms with Gasteiger partial charge in [-0.15, -0.1) is 0 Å². The molecule has 1 saturated carbocycles. The molecule has 188 valence electrons. The third kappa shape index (κ3) is 4.24. The highest BCUT2D eigenvalue weighted by atomic mass is 32.2. The fourth-order valence-corrected chi connectivity index (χ4v) is 6.20. The van der Waals surface area contributed by atoms with Crippen LogP contribution in [0, 0.1) is 6.92 Å². The van der Waals surface area contributed by atoms with Crippen LogP contribution in [0.1, 0.15) is 37.8 Å². The largest absolute Gasteiger partial charge is 0.454 e. The number of anilines is 1. The average Bonchev–Trinajstić information content (AvgIpc) is 3.56. The Bertz CT molecular complexity index is 1410. The second-order valence-electron chi connectivity index (χ2n) is 9.25. The van der Waals surface area contributed by atoms with Crippen LogP contribution >= 0.6 is 0 Å². The maximum Gasteiger partial charge on any atom is 0.243 e. The topological polar surface area (TPSA) is 84.9 Å². The third-order valence-corrected chi connectivity index (χ3v) is 9.18. The van der Waals surface area contributed by atoms with Gasteiger partial charge in [-0.25, -0.2) is 8.42 Å². The summed E-state index contributed by atoms with van der Waals surface area (Å²) in [7, 11) is -3.51. The van der Waals surface area contributed by atoms with Crippen LogP contribution in [0.3, 0.4) is 0 Å². The zero-order valence-corrected chi connectivity index (χ0v) is 21.5. The monoisotopic (exact) mass is 506 g/mol. The molecule has 1 N–H and O–H groups in total. The highest BCUT2D eigenvalue weighted by Crippen LogP contribution is 2.51. The maximum atomic E-state index is 13.4. The number of sulfonamides is 1. The van der Waals surface area contributed by atoms with Crippen molar-refractivity contribution in [2.75, 3.05) is 25.2 Å². The summed E-state index contributed by atoms with van der Waals surface area (Å²) in [6.07, 6.45) is 1.55. The van der Waals surface area contributed by atoms with Crippen LogP contribution in [0.25, 0.3) is 11.1 Å². The van der Waals surface area contributed by atoms with Crippen LogP contribution in [0.5, 0.6) is 11.5 Å². The van der Waals surface area contributed by atoms with Crippen molar-refractivity contribution in [3.63, 3.8) is 0 Å². The fourth-order valence-electron chi connectivity index (χ4n) is 4.75. The van der Waals surface area contributed by atoms with Crippen molar-refractivity contribution in [2.24, 2.45) is 0 Å². The lowest BCUT2D eigenvalue weighted by molar-refractivity contribution is -0.118. The van der Waals surface area contributed by atoms with Crippen LogP contribution in [-0.4, -0.2) is 38.5 Å². The number of hydrogen-bond acceptors (Lipinski definition) is 5. The normalized spacial score (nSPS) is 15.7. The van der Waals surface area contributed by atoms with E-state index in [4.69, 9.17) is 9.47 Å². The fraction of sp³-hybridized carbons (Fsp3) is 0.321. The Kier molecular flexibility index (Phi) is 6.26. The number of carbonyl (C=O) groups excluding carboxylic acids is 1. The van der Waals surface area contributed by atoms with Crippen molar-refractivity contribution in [1.82, 2.24) is 4.31 Å². The van der Waals surface area contributed by atoms with Gasteiger partial charge in [0.2, 0.25) is 22.7 Å². The highest BCUT2D eigenvalue weighted by Gasteiger charge is 2.51. The second kappa shape index (κ2) is 9.26. The molecule has 7 nitrogen and oxygen atoms in total. The Hall–Kier alpha value is -3.36. The molecule has 5 rings (SSSR count). The molecule has 1 aliphatic carbocycles. The summed E-state index contributed by atoms with van der Waals surface area (Å²) >= 11 is 0. The molecule has 3 aromatic carbocycles. The van der Waals surface area contributed by atoms with Gasteiger partial charge in [-0.2, -0.15) is 4.31 Å². The van der Waals surface area contributed by atoms with Gasteiger partial charge in [-0.05, 0) is 78.4 Å². The molecule has 0 radical (unpaired) electrons. The lowest BCUT2D eigenvalue weighted by Gasteiger charge is -2.19. The zero-order valence-electron chi connectivity index (χ0n) is 20.7. The van der Waals surface area contributed by atoms with E-state index in [1.54, 1.807) is 12.1 Å². The van der Waals surface area contributed by atoms with Crippen molar-refractivity contribution in [3.8, 4) is 22.6 Å². The van der Waals surface area contributed by atoms with Gasteiger partial charge >= 0.3 is 0 Å². The lowest BCUT2D eigenvalue weighted by Crippen LogP contribution is -2.30. The Morgan fingerprint density at radius 3 is 2.31 bits per heavy atom. The van der Waals surface area contributed by atoms with Crippen molar-refractivity contribution in [3.05, 3.63) is 71.8 Å². The van der Waals surface area contributed by atoms with Crippen molar-refractivity contribution in [1.29, 1.82) is 0 Å². The van der Waals surface area contributed by atoms with E-state index >= 15 is 0 Å². The van der Waals surface area contributed by atoms with E-state index in [1.165, 1.54) is 4.31 Å². The predicted octanol–water partition coefficient (Wildman–Crippen LogP) is 5.09. The van der Waals surface area contributed by atoms with E-state index < -0.39 is 15.4 Å². The van der Waals surface area contributed by atoms with Crippen LogP contribution in [0.2, 0.25) is 0 Å². The Labute approximate surface area is 212 Å². The van der Waals surface area contributed by atoms with Gasteiger partial charge in [0, 0.05) is 18.8 Å². The molecule has 0 bridgehead atoms. The molecule has 36 heavy (non-hydrogen) atoms. The summed E-state index contributed by atoms with van der Waals surface area (Å²) < 4.78 is 38.0. The number of benzene rings is 3. The molecule has 8 heteroatoms. The third-order valence-electron chi connectivity index (χ3n) is 7.11. The van der Waals surface area contributed by atoms with E-state index in [9.17, 15) is 13.2 Å². The number of carbonyl (C=O) groups is 1. The van der Waals surface area contributed by atoms with Crippen LogP contribution < -0.4 is 14.8 Å². The number of hydrogen-bond donors (Lipinski definition) is 1. The molecule has 1 amide bonds. The molecule has 0 spiro atoms. The first kappa shape index (κ1) is 24.3. The summed E-state index contributed by atoms with van der Waals surface area (Å²) in [5, 5.41) is 3.10. The SMILES string of the molecule is CCN(CC)S(=O)(=O)c1ccc(-c2cc(NC(=O)C3(c4ccc5c(c4)OCO5)CC3)ccc2C)cc1. The number of amides is 1. The number of nitrogens with one attached hydrogen (secondary N) is 1. The van der Waals surface area contributed by atoms with Crippen molar-refractivity contribution < 1.29 is 22.7 Å². The summed E-state index contributed by atoms with van der Waals surface area (Å²) in [5.74, 6) is 1.33. The first-order valence-corrected chi connectivity index (χ1v) is 13.7. The minimum Gasteiger partial charge on any atom is -0.454 e. The second-order valence-corrected chi connectivity index (χ2v) is 11.2. The Morgan fingerprint density at radius 2 is 1.64 bits per heavy atom. The van der Waals surface area contributed by atoms with Crippen LogP contribution in [0.15, 0.2) is 65.6 Å². The van der Waals surface area contributed by atoms with E-state index in [0.717, 1.165) is 35.1 Å². The van der Waals surface area contributed by atoms with Gasteiger partial charge in [0.1, 0.15) is 0 Å². The minimum absolute atomic E-state index is 0.0446. The van der Waals surface area contributed by atoms with Crippen LogP contribution in [0.4, 0.5) is 5.69 Å². The zero-order chi connectivity index (χ0) is 25.5. The standard InChI is InChI=1S/C28H30N2O5S/c1-4-30(5-2)36(32,33)23-11-7-20(8-12-23)24-17-22(10-6-19(24)3)29-27(31)28(14-15-28)21-9-13-25-26(16-21)35-18-34-25/h6-13,16-17H,4-5,14-15,18H2,1-3H3,(H,29,31). The summed E-state index contributed by atoms with van der Waals surface area (Å²) in [6.45, 7) is 6.71. The van der Waals surface area contributed by atoms with E-state index in [0.29, 0.717) is 30.3 Å². The number of rotatable bonds is 8. The van der Waals surface area contributed by atoms with Gasteiger partial charge in [0.15, 0.2) is 11.5 Å². The maximum absolute atomic E-state index is 13.4. The summed E-state index contributed by atoms with van der Waals surface area (Å²) in [6, 6.07) is 18.4. The molecule has 3 aromatic rings. The number of aryl methyl sites for hydroxylation is 1. The van der Waals surface area contributed by atoms with Crippen LogP contribution in [-0.2, 0) is 20.2 Å². The number of nitrogens with zero attached hydrogens (tertiary/aromatic N) is 1. The number of ether oxygens (including phenoxy) is 2. The summed E-state index contributed by atoms with van der Waals surface area (Å²) in [4.78, 5) is 13.6. The molecule has 0 atom stereocenters. The summed E-state index contributed by atoms with van der Waals surface area (Å²) in [5.41, 5.74) is 3.93. The van der Waals surface area contributed by atoms with E-state index in [-0.39, 0.29) is 17.6 Å². The first-order chi connectivity index (χ1) is 17.3. The predicted molar refractivity (Wildman–Crippen MR) is 139 cm³/mol. The molecule has 1 fully saturated rings. The molecular weight excluding hydrogens is 476 g/mol. The van der Waals surface area contributed by atoms with Crippen molar-refractivity contribution >= 4 is 21.6 Å². The smallest absolute Gasteiger partial charge is 0.243 e. The van der Waals surface area contributed by atoms with E-state index in [1.807, 2.05) is 69.3 Å². The van der Waals surface area contributed by atoms with Gasteiger partial charge in [-0.1, -0.05) is 38.1 Å². The molecule has 0 saturated heterocycles. The molecule has 0 unspecified atom stereocenters. The highest BCUT2D eigenvalue weighted by molar-refractivity contribution is 7.89. The van der Waals surface area contributed by atoms with Crippen molar-refractivity contribution in [2.45, 2.75) is 43.9 Å². The quantitative estimate of drug-likeness (QED) is 0.460. The molecule has 2 aliphatic rings. The van der Waals surface area contributed by atoms with Gasteiger partial charge in [-0.3, -0.25) is 4.79 Å².